The molecule has 0 aliphatic carbocycles. The third kappa shape index (κ3) is 4.78. The van der Waals surface area contributed by atoms with Crippen LogP contribution in [0.3, 0.4) is 0 Å². The summed E-state index contributed by atoms with van der Waals surface area (Å²) in [5, 5.41) is 68.0. The second kappa shape index (κ2) is 8.68. The largest absolute Gasteiger partial charge is 0.508 e. The molecule has 1 fully saturated rings. The van der Waals surface area contributed by atoms with Crippen LogP contribution in [0.5, 0.6) is 23.0 Å². The number of phenolic OH excluding ortho intramolecular Hbond substituents is 3. The van der Waals surface area contributed by atoms with E-state index in [9.17, 15) is 35.7 Å². The van der Waals surface area contributed by atoms with E-state index in [-0.39, 0.29) is 23.0 Å². The van der Waals surface area contributed by atoms with E-state index in [1.54, 1.807) is 12.2 Å². The van der Waals surface area contributed by atoms with Crippen LogP contribution in [0.1, 0.15) is 11.1 Å². The number of hydrogen-bond donors (Lipinski definition) is 7. The van der Waals surface area contributed by atoms with E-state index in [0.717, 1.165) is 0 Å². The minimum absolute atomic E-state index is 0.0766. The van der Waals surface area contributed by atoms with Crippen LogP contribution >= 0.6 is 0 Å². The first-order valence-electron chi connectivity index (χ1n) is 8.80. The van der Waals surface area contributed by atoms with Crippen molar-refractivity contribution in [1.82, 2.24) is 0 Å². The molecule has 0 amide bonds. The zero-order valence-electron chi connectivity index (χ0n) is 15.2. The molecule has 9 nitrogen and oxygen atoms in total. The lowest BCUT2D eigenvalue weighted by Gasteiger charge is -2.39. The topological polar surface area (TPSA) is 160 Å². The van der Waals surface area contributed by atoms with Crippen LogP contribution in [0.4, 0.5) is 0 Å². The molecule has 1 aliphatic heterocycles. The Balaban J connectivity index is 1.79. The molecule has 1 heterocycles. The molecule has 29 heavy (non-hydrogen) atoms. The normalized spacial score (nSPS) is 27.2. The standard InChI is InChI=1S/C20H22O9/c21-9-16-17(25)18(26)19(27)20(29-16)28-14-6-10(5-13(23)7-14)1-2-11-3-4-12(22)8-15(11)24/h1-8,16-27H,9H2/b2-1+/t16-,17-,18+,19+,20-/m1/s1. The Labute approximate surface area is 165 Å². The average Bonchev–Trinajstić information content (AvgIpc) is 2.67. The molecular weight excluding hydrogens is 384 g/mol. The molecule has 0 bridgehead atoms. The zero-order chi connectivity index (χ0) is 21.1. The second-order valence-electron chi connectivity index (χ2n) is 6.65. The molecule has 0 unspecified atom stereocenters. The first-order chi connectivity index (χ1) is 13.8. The highest BCUT2D eigenvalue weighted by Crippen LogP contribution is 2.29. The lowest BCUT2D eigenvalue weighted by molar-refractivity contribution is -0.277. The first kappa shape index (κ1) is 20.9. The molecule has 0 radical (unpaired) electrons. The van der Waals surface area contributed by atoms with Crippen molar-refractivity contribution in [3.05, 3.63) is 47.5 Å². The third-order valence-corrected chi connectivity index (χ3v) is 4.48. The zero-order valence-corrected chi connectivity index (χ0v) is 15.2. The Kier molecular flexibility index (Phi) is 6.26. The lowest BCUT2D eigenvalue weighted by atomic mass is 9.99. The summed E-state index contributed by atoms with van der Waals surface area (Å²) in [5.74, 6) is -0.253. The molecule has 0 saturated carbocycles. The maximum absolute atomic E-state index is 10.1. The van der Waals surface area contributed by atoms with Crippen molar-refractivity contribution in [2.45, 2.75) is 30.7 Å². The Morgan fingerprint density at radius 2 is 1.62 bits per heavy atom. The minimum atomic E-state index is -1.58. The summed E-state index contributed by atoms with van der Waals surface area (Å²) >= 11 is 0. The predicted octanol–water partition coefficient (Wildman–Crippen LogP) is 0.152. The lowest BCUT2D eigenvalue weighted by Crippen LogP contribution is -2.60. The van der Waals surface area contributed by atoms with Gasteiger partial charge in [0.15, 0.2) is 0 Å². The number of aromatic hydroxyl groups is 3. The molecule has 2 aromatic carbocycles. The van der Waals surface area contributed by atoms with Crippen molar-refractivity contribution in [2.24, 2.45) is 0 Å². The molecule has 0 aromatic heterocycles. The van der Waals surface area contributed by atoms with Gasteiger partial charge < -0.3 is 45.2 Å². The fraction of sp³-hybridized carbons (Fsp3) is 0.300. The molecule has 7 N–H and O–H groups in total. The monoisotopic (exact) mass is 406 g/mol. The summed E-state index contributed by atoms with van der Waals surface area (Å²) in [5.41, 5.74) is 0.916. The molecule has 1 saturated heterocycles. The van der Waals surface area contributed by atoms with E-state index >= 15 is 0 Å². The van der Waals surface area contributed by atoms with Crippen molar-refractivity contribution < 1.29 is 45.2 Å². The number of rotatable bonds is 5. The first-order valence-corrected chi connectivity index (χ1v) is 8.80. The van der Waals surface area contributed by atoms with E-state index in [1.807, 2.05) is 0 Å². The SMILES string of the molecule is OC[C@H]1O[C@@H](Oc2cc(O)cc(/C=C/c3ccc(O)cc3O)c2)[C@@H](O)[C@@H](O)[C@@H]1O. The summed E-state index contributed by atoms with van der Waals surface area (Å²) in [6.45, 7) is -0.588. The highest BCUT2D eigenvalue weighted by molar-refractivity contribution is 5.73. The van der Waals surface area contributed by atoms with E-state index in [0.29, 0.717) is 11.1 Å². The summed E-state index contributed by atoms with van der Waals surface area (Å²) in [4.78, 5) is 0. The Morgan fingerprint density at radius 3 is 2.31 bits per heavy atom. The van der Waals surface area contributed by atoms with Gasteiger partial charge in [-0.05, 0) is 29.8 Å². The molecule has 1 aliphatic rings. The van der Waals surface area contributed by atoms with Crippen molar-refractivity contribution >= 4 is 12.2 Å². The molecule has 0 spiro atoms. The highest BCUT2D eigenvalue weighted by Gasteiger charge is 2.44. The molecular formula is C20H22O9. The van der Waals surface area contributed by atoms with Gasteiger partial charge in [0.25, 0.3) is 0 Å². The van der Waals surface area contributed by atoms with Gasteiger partial charge in [-0.25, -0.2) is 0 Å². The van der Waals surface area contributed by atoms with E-state index < -0.39 is 37.3 Å². The maximum atomic E-state index is 10.1. The van der Waals surface area contributed by atoms with Crippen LogP contribution in [0.15, 0.2) is 36.4 Å². The summed E-state index contributed by atoms with van der Waals surface area (Å²) in [6, 6.07) is 8.31. The Morgan fingerprint density at radius 1 is 0.862 bits per heavy atom. The van der Waals surface area contributed by atoms with Gasteiger partial charge in [-0.15, -0.1) is 0 Å². The fourth-order valence-electron chi connectivity index (χ4n) is 2.93. The second-order valence-corrected chi connectivity index (χ2v) is 6.65. The van der Waals surface area contributed by atoms with Crippen LogP contribution in [-0.2, 0) is 4.74 Å². The van der Waals surface area contributed by atoms with Gasteiger partial charge in [-0.3, -0.25) is 0 Å². The number of aliphatic hydroxyl groups excluding tert-OH is 4. The van der Waals surface area contributed by atoms with E-state index in [2.05, 4.69) is 0 Å². The fourth-order valence-corrected chi connectivity index (χ4v) is 2.93. The molecule has 9 heteroatoms. The van der Waals surface area contributed by atoms with Gasteiger partial charge in [-0.2, -0.15) is 0 Å². The molecule has 5 atom stereocenters. The van der Waals surface area contributed by atoms with E-state index in [1.165, 1.54) is 36.4 Å². The van der Waals surface area contributed by atoms with Gasteiger partial charge in [0, 0.05) is 17.7 Å². The summed E-state index contributed by atoms with van der Waals surface area (Å²) in [7, 11) is 0. The van der Waals surface area contributed by atoms with Crippen LogP contribution in [0.2, 0.25) is 0 Å². The Hall–Kier alpha value is -2.82. The quantitative estimate of drug-likeness (QED) is 0.343. The van der Waals surface area contributed by atoms with Crippen LogP contribution < -0.4 is 4.74 Å². The number of ether oxygens (including phenoxy) is 2. The summed E-state index contributed by atoms with van der Waals surface area (Å²) < 4.78 is 10.8. The number of benzene rings is 2. The van der Waals surface area contributed by atoms with Crippen molar-refractivity contribution in [3.63, 3.8) is 0 Å². The number of phenols is 3. The van der Waals surface area contributed by atoms with Crippen LogP contribution in [0, 0.1) is 0 Å². The van der Waals surface area contributed by atoms with Crippen LogP contribution in [-0.4, -0.2) is 73.1 Å². The highest BCUT2D eigenvalue weighted by atomic mass is 16.7. The van der Waals surface area contributed by atoms with Crippen molar-refractivity contribution in [2.75, 3.05) is 6.61 Å². The van der Waals surface area contributed by atoms with Gasteiger partial charge in [0.2, 0.25) is 6.29 Å². The molecule has 2 aromatic rings. The Bertz CT molecular complexity index is 880. The molecule has 156 valence electrons. The minimum Gasteiger partial charge on any atom is -0.508 e. The summed E-state index contributed by atoms with van der Waals surface area (Å²) in [6.07, 6.45) is -4.04. The van der Waals surface area contributed by atoms with Gasteiger partial charge >= 0.3 is 0 Å². The van der Waals surface area contributed by atoms with Crippen LogP contribution in [0.25, 0.3) is 12.2 Å². The predicted molar refractivity (Wildman–Crippen MR) is 101 cm³/mol. The maximum Gasteiger partial charge on any atom is 0.229 e. The van der Waals surface area contributed by atoms with Gasteiger partial charge in [0.05, 0.1) is 6.61 Å². The van der Waals surface area contributed by atoms with Crippen molar-refractivity contribution in [3.8, 4) is 23.0 Å². The van der Waals surface area contributed by atoms with E-state index in [4.69, 9.17) is 9.47 Å². The average molecular weight is 406 g/mol. The smallest absolute Gasteiger partial charge is 0.229 e. The third-order valence-electron chi connectivity index (χ3n) is 4.48. The molecule has 3 rings (SSSR count). The van der Waals surface area contributed by atoms with Crippen molar-refractivity contribution in [1.29, 1.82) is 0 Å². The number of hydrogen-bond acceptors (Lipinski definition) is 9. The van der Waals surface area contributed by atoms with Gasteiger partial charge in [-0.1, -0.05) is 12.2 Å². The van der Waals surface area contributed by atoms with Gasteiger partial charge in [0.1, 0.15) is 47.4 Å². The number of aliphatic hydroxyl groups is 4.